The molecule has 0 aliphatic heterocycles. The van der Waals surface area contributed by atoms with Gasteiger partial charge >= 0.3 is 13.5 Å². The molecule has 0 saturated carbocycles. The van der Waals surface area contributed by atoms with E-state index < -0.39 is 23.0 Å². The van der Waals surface area contributed by atoms with Gasteiger partial charge in [-0.05, 0) is 51.4 Å². The van der Waals surface area contributed by atoms with Gasteiger partial charge in [0.25, 0.3) is 0 Å². The van der Waals surface area contributed by atoms with Crippen LogP contribution in [0.1, 0.15) is 38.1 Å². The fourth-order valence-electron chi connectivity index (χ4n) is 1.23. The van der Waals surface area contributed by atoms with Crippen molar-refractivity contribution < 1.29 is 23.7 Å². The summed E-state index contributed by atoms with van der Waals surface area (Å²) in [5, 5.41) is 9.96. The highest BCUT2D eigenvalue weighted by Gasteiger charge is 2.36. The molecule has 0 spiro atoms. The van der Waals surface area contributed by atoms with E-state index in [1.807, 2.05) is 0 Å². The molecule has 6 heteroatoms. The standard InChI is InChI=1S/C14H19BFO4/c1-13(2,18)14(3,4)20-15-10-8-9(12(17)19-5)6-7-11(10)16/h6-8,18H,1-5H3. The lowest BCUT2D eigenvalue weighted by molar-refractivity contribution is -0.0893. The van der Waals surface area contributed by atoms with Crippen LogP contribution in [0.4, 0.5) is 4.39 Å². The third-order valence-corrected chi connectivity index (χ3v) is 3.37. The van der Waals surface area contributed by atoms with E-state index in [1.165, 1.54) is 32.8 Å². The van der Waals surface area contributed by atoms with Crippen LogP contribution in [-0.4, -0.2) is 36.9 Å². The van der Waals surface area contributed by atoms with Crippen LogP contribution >= 0.6 is 0 Å². The van der Waals surface area contributed by atoms with Gasteiger partial charge in [-0.1, -0.05) is 0 Å². The summed E-state index contributed by atoms with van der Waals surface area (Å²) < 4.78 is 23.7. The minimum atomic E-state index is -1.11. The molecular formula is C14H19BFO4. The second kappa shape index (κ2) is 5.93. The summed E-state index contributed by atoms with van der Waals surface area (Å²) in [6.45, 7) is 6.57. The van der Waals surface area contributed by atoms with E-state index in [2.05, 4.69) is 4.74 Å². The molecule has 0 saturated heterocycles. The molecule has 0 atom stereocenters. The van der Waals surface area contributed by atoms with Gasteiger partial charge in [0.2, 0.25) is 0 Å². The Morgan fingerprint density at radius 1 is 1.30 bits per heavy atom. The molecule has 0 bridgehead atoms. The van der Waals surface area contributed by atoms with Gasteiger partial charge in [0.1, 0.15) is 5.82 Å². The molecule has 0 fully saturated rings. The maximum absolute atomic E-state index is 13.7. The average molecular weight is 281 g/mol. The van der Waals surface area contributed by atoms with Crippen LogP contribution in [-0.2, 0) is 9.39 Å². The van der Waals surface area contributed by atoms with Crippen molar-refractivity contribution in [2.75, 3.05) is 7.11 Å². The minimum Gasteiger partial charge on any atom is -0.465 e. The summed E-state index contributed by atoms with van der Waals surface area (Å²) >= 11 is 0. The number of hydrogen-bond acceptors (Lipinski definition) is 4. The number of rotatable bonds is 5. The SMILES string of the molecule is COC(=O)c1ccc(F)c([B]OC(C)(C)C(C)(C)O)c1. The fourth-order valence-corrected chi connectivity index (χ4v) is 1.23. The largest absolute Gasteiger partial charge is 0.465 e. The third-order valence-electron chi connectivity index (χ3n) is 3.37. The van der Waals surface area contributed by atoms with Crippen LogP contribution in [0, 0.1) is 5.82 Å². The van der Waals surface area contributed by atoms with Gasteiger partial charge in [-0.15, -0.1) is 0 Å². The van der Waals surface area contributed by atoms with Crippen molar-refractivity contribution in [3.05, 3.63) is 29.6 Å². The number of aliphatic hydroxyl groups is 1. The van der Waals surface area contributed by atoms with Crippen molar-refractivity contribution in [3.63, 3.8) is 0 Å². The van der Waals surface area contributed by atoms with E-state index in [1.54, 1.807) is 27.7 Å². The first-order valence-corrected chi connectivity index (χ1v) is 6.20. The predicted octanol–water partition coefficient (Wildman–Crippen LogP) is 1.42. The maximum atomic E-state index is 13.7. The lowest BCUT2D eigenvalue weighted by Gasteiger charge is -2.37. The van der Waals surface area contributed by atoms with Gasteiger partial charge < -0.3 is 14.5 Å². The topological polar surface area (TPSA) is 55.8 Å². The molecule has 0 aromatic heterocycles. The van der Waals surface area contributed by atoms with Crippen LogP contribution in [0.15, 0.2) is 18.2 Å². The number of hydrogen-bond donors (Lipinski definition) is 1. The zero-order valence-electron chi connectivity index (χ0n) is 12.4. The van der Waals surface area contributed by atoms with Gasteiger partial charge in [0, 0.05) is 0 Å². The van der Waals surface area contributed by atoms with E-state index in [-0.39, 0.29) is 11.0 Å². The molecule has 0 heterocycles. The predicted molar refractivity (Wildman–Crippen MR) is 74.6 cm³/mol. The average Bonchev–Trinajstić information content (AvgIpc) is 2.35. The Kier molecular flexibility index (Phi) is 4.94. The number of esters is 1. The molecule has 1 aromatic carbocycles. The number of halogens is 1. The molecule has 0 unspecified atom stereocenters. The highest BCUT2D eigenvalue weighted by atomic mass is 19.1. The van der Waals surface area contributed by atoms with Gasteiger partial charge in [0.05, 0.1) is 23.9 Å². The second-order valence-electron chi connectivity index (χ2n) is 5.53. The van der Waals surface area contributed by atoms with Crippen LogP contribution in [0.5, 0.6) is 0 Å². The van der Waals surface area contributed by atoms with Crippen LogP contribution in [0.3, 0.4) is 0 Å². The Morgan fingerprint density at radius 3 is 2.40 bits per heavy atom. The highest BCUT2D eigenvalue weighted by Crippen LogP contribution is 2.24. The summed E-state index contributed by atoms with van der Waals surface area (Å²) in [7, 11) is 2.45. The summed E-state index contributed by atoms with van der Waals surface area (Å²) in [5.74, 6) is -1.08. The van der Waals surface area contributed by atoms with Crippen LogP contribution < -0.4 is 5.46 Å². The van der Waals surface area contributed by atoms with E-state index in [0.29, 0.717) is 0 Å². The molecule has 109 valence electrons. The summed E-state index contributed by atoms with van der Waals surface area (Å²) in [6.07, 6.45) is 0. The first-order valence-electron chi connectivity index (χ1n) is 6.20. The number of carbonyl (C=O) groups excluding carboxylic acids is 1. The Bertz CT molecular complexity index is 494. The molecule has 1 N–H and O–H groups in total. The molecule has 1 radical (unpaired) electrons. The molecule has 0 amide bonds. The van der Waals surface area contributed by atoms with Crippen molar-refractivity contribution in [2.24, 2.45) is 0 Å². The number of carbonyl (C=O) groups is 1. The second-order valence-corrected chi connectivity index (χ2v) is 5.53. The van der Waals surface area contributed by atoms with E-state index in [0.717, 1.165) is 0 Å². The lowest BCUT2D eigenvalue weighted by Crippen LogP contribution is -2.49. The molecule has 20 heavy (non-hydrogen) atoms. The first kappa shape index (κ1) is 16.7. The smallest absolute Gasteiger partial charge is 0.337 e. The van der Waals surface area contributed by atoms with E-state index >= 15 is 0 Å². The lowest BCUT2D eigenvalue weighted by atomic mass is 9.82. The van der Waals surface area contributed by atoms with E-state index in [9.17, 15) is 14.3 Å². The van der Waals surface area contributed by atoms with Crippen LogP contribution in [0.2, 0.25) is 0 Å². The van der Waals surface area contributed by atoms with Crippen molar-refractivity contribution in [3.8, 4) is 0 Å². The van der Waals surface area contributed by atoms with Gasteiger partial charge in [-0.25, -0.2) is 9.18 Å². The molecule has 4 nitrogen and oxygen atoms in total. The van der Waals surface area contributed by atoms with Crippen molar-refractivity contribution in [1.29, 1.82) is 0 Å². The minimum absolute atomic E-state index is 0.116. The van der Waals surface area contributed by atoms with Crippen molar-refractivity contribution >= 4 is 18.9 Å². The monoisotopic (exact) mass is 281 g/mol. The molecule has 0 aliphatic rings. The maximum Gasteiger partial charge on any atom is 0.337 e. The van der Waals surface area contributed by atoms with Gasteiger partial charge in [-0.2, -0.15) is 0 Å². The highest BCUT2D eigenvalue weighted by molar-refractivity contribution is 6.47. The van der Waals surface area contributed by atoms with Crippen molar-refractivity contribution in [1.82, 2.24) is 0 Å². The Hall–Kier alpha value is -1.40. The normalized spacial score (nSPS) is 12.2. The summed E-state index contributed by atoms with van der Waals surface area (Å²) in [4.78, 5) is 11.4. The summed E-state index contributed by atoms with van der Waals surface area (Å²) in [5.41, 5.74) is -1.68. The quantitative estimate of drug-likeness (QED) is 0.655. The van der Waals surface area contributed by atoms with Gasteiger partial charge in [-0.3, -0.25) is 0 Å². The van der Waals surface area contributed by atoms with E-state index in [4.69, 9.17) is 4.65 Å². The van der Waals surface area contributed by atoms with Crippen molar-refractivity contribution in [2.45, 2.75) is 38.9 Å². The molecule has 1 aromatic rings. The molecular weight excluding hydrogens is 262 g/mol. The Morgan fingerprint density at radius 2 is 1.90 bits per heavy atom. The summed E-state index contributed by atoms with van der Waals surface area (Å²) in [6, 6.07) is 3.83. The Balaban J connectivity index is 2.90. The van der Waals surface area contributed by atoms with Gasteiger partial charge in [0.15, 0.2) is 0 Å². The zero-order valence-corrected chi connectivity index (χ0v) is 12.4. The zero-order chi connectivity index (χ0) is 15.6. The first-order chi connectivity index (χ1) is 9.08. The third kappa shape index (κ3) is 3.80. The Labute approximate surface area is 119 Å². The fraction of sp³-hybridized carbons (Fsp3) is 0.500. The number of ether oxygens (including phenoxy) is 1. The van der Waals surface area contributed by atoms with Crippen LogP contribution in [0.25, 0.3) is 0 Å². The molecule has 0 aliphatic carbocycles. The number of methoxy groups -OCH3 is 1. The number of benzene rings is 1. The molecule has 1 rings (SSSR count).